The van der Waals surface area contributed by atoms with Crippen LogP contribution in [0.5, 0.6) is 0 Å². The Hall–Kier alpha value is -2.55. The van der Waals surface area contributed by atoms with Crippen molar-refractivity contribution in [2.75, 3.05) is 6.54 Å². The molecule has 1 fully saturated rings. The highest BCUT2D eigenvalue weighted by molar-refractivity contribution is 5.83. The molecule has 3 heteroatoms. The number of nitrogens with zero attached hydrogens (tertiary/aromatic N) is 2. The number of benzene rings is 2. The van der Waals surface area contributed by atoms with Crippen molar-refractivity contribution in [2.24, 2.45) is 0 Å². The van der Waals surface area contributed by atoms with Gasteiger partial charge in [-0.25, -0.2) is 4.79 Å². The average molecular weight is 377 g/mol. The molecule has 0 radical (unpaired) electrons. The van der Waals surface area contributed by atoms with E-state index in [9.17, 15) is 4.79 Å². The highest BCUT2D eigenvalue weighted by Gasteiger charge is 2.45. The first kappa shape index (κ1) is 20.2. The summed E-state index contributed by atoms with van der Waals surface area (Å²) in [6.45, 7) is 13.4. The number of carbonyl (C=O) groups excluding carboxylic acids is 1. The summed E-state index contributed by atoms with van der Waals surface area (Å²) in [5, 5.41) is 0. The van der Waals surface area contributed by atoms with Gasteiger partial charge in [-0.05, 0) is 58.2 Å². The van der Waals surface area contributed by atoms with Crippen molar-refractivity contribution in [3.63, 3.8) is 0 Å². The summed E-state index contributed by atoms with van der Waals surface area (Å²) < 4.78 is 0. The predicted octanol–water partition coefficient (Wildman–Crippen LogP) is 5.82. The van der Waals surface area contributed by atoms with E-state index >= 15 is 0 Å². The van der Waals surface area contributed by atoms with Crippen LogP contribution < -0.4 is 0 Å². The highest BCUT2D eigenvalue weighted by Crippen LogP contribution is 2.34. The Morgan fingerprint density at radius 2 is 1.29 bits per heavy atom. The van der Waals surface area contributed by atoms with Gasteiger partial charge in [0.2, 0.25) is 0 Å². The fourth-order valence-corrected chi connectivity index (χ4v) is 3.88. The molecule has 1 aliphatic heterocycles. The third kappa shape index (κ3) is 4.14. The molecular weight excluding hydrogens is 344 g/mol. The molecule has 28 heavy (non-hydrogen) atoms. The third-order valence-corrected chi connectivity index (χ3v) is 5.20. The van der Waals surface area contributed by atoms with Gasteiger partial charge in [0.1, 0.15) is 0 Å². The molecule has 148 valence electrons. The van der Waals surface area contributed by atoms with Crippen LogP contribution in [0.4, 0.5) is 4.79 Å². The molecule has 3 nitrogen and oxygen atoms in total. The largest absolute Gasteiger partial charge is 0.321 e. The van der Waals surface area contributed by atoms with Gasteiger partial charge >= 0.3 is 6.03 Å². The van der Waals surface area contributed by atoms with Crippen LogP contribution in [0.3, 0.4) is 0 Å². The van der Waals surface area contributed by atoms with Gasteiger partial charge in [0.25, 0.3) is 0 Å². The van der Waals surface area contributed by atoms with Gasteiger partial charge in [-0.3, -0.25) is 0 Å². The first-order chi connectivity index (χ1) is 13.1. The molecule has 3 rings (SSSR count). The second-order valence-corrected chi connectivity index (χ2v) is 9.48. The maximum Gasteiger partial charge on any atom is 0.321 e. The monoisotopic (exact) mass is 376 g/mol. The second-order valence-electron chi connectivity index (χ2n) is 9.48. The van der Waals surface area contributed by atoms with E-state index in [-0.39, 0.29) is 23.2 Å². The van der Waals surface area contributed by atoms with Gasteiger partial charge < -0.3 is 9.80 Å². The first-order valence-corrected chi connectivity index (χ1v) is 10.0. The molecule has 0 bridgehead atoms. The highest BCUT2D eigenvalue weighted by atomic mass is 16.2. The van der Waals surface area contributed by atoms with E-state index in [0.29, 0.717) is 6.54 Å². The normalized spacial score (nSPS) is 17.8. The van der Waals surface area contributed by atoms with Crippen LogP contribution in [0, 0.1) is 0 Å². The molecule has 0 aliphatic carbocycles. The van der Waals surface area contributed by atoms with Crippen molar-refractivity contribution in [3.05, 3.63) is 77.9 Å². The Labute approximate surface area is 169 Å². The summed E-state index contributed by atoms with van der Waals surface area (Å²) in [4.78, 5) is 17.3. The van der Waals surface area contributed by atoms with Crippen molar-refractivity contribution in [1.29, 1.82) is 0 Å². The van der Waals surface area contributed by atoms with Gasteiger partial charge in [-0.2, -0.15) is 0 Å². The molecule has 1 unspecified atom stereocenters. The number of hydrogen-bond acceptors (Lipinski definition) is 1. The molecule has 2 amide bonds. The fourth-order valence-electron chi connectivity index (χ4n) is 3.88. The van der Waals surface area contributed by atoms with Crippen molar-refractivity contribution in [3.8, 4) is 0 Å². The number of urea groups is 1. The van der Waals surface area contributed by atoms with Crippen LogP contribution in [0.25, 0.3) is 5.57 Å². The maximum atomic E-state index is 13.3. The summed E-state index contributed by atoms with van der Waals surface area (Å²) in [6, 6.07) is 21.0. The van der Waals surface area contributed by atoms with E-state index in [2.05, 4.69) is 96.1 Å². The van der Waals surface area contributed by atoms with Gasteiger partial charge in [0, 0.05) is 17.6 Å². The Morgan fingerprint density at radius 3 is 1.68 bits per heavy atom. The van der Waals surface area contributed by atoms with Crippen LogP contribution in [-0.2, 0) is 0 Å². The van der Waals surface area contributed by atoms with E-state index in [1.807, 2.05) is 21.9 Å². The summed E-state index contributed by atoms with van der Waals surface area (Å²) in [7, 11) is 0. The lowest BCUT2D eigenvalue weighted by Gasteiger charge is -2.37. The van der Waals surface area contributed by atoms with Gasteiger partial charge in [0.05, 0.1) is 6.04 Å². The number of rotatable bonds is 3. The zero-order valence-electron chi connectivity index (χ0n) is 17.9. The van der Waals surface area contributed by atoms with Gasteiger partial charge in [0.15, 0.2) is 0 Å². The number of amides is 2. The number of hydrogen-bond donors (Lipinski definition) is 0. The molecule has 1 aliphatic rings. The molecule has 0 spiro atoms. The van der Waals surface area contributed by atoms with Crippen LogP contribution in [-0.4, -0.2) is 39.5 Å². The first-order valence-electron chi connectivity index (χ1n) is 10.0. The summed E-state index contributed by atoms with van der Waals surface area (Å²) in [6.07, 6.45) is 2.28. The van der Waals surface area contributed by atoms with Gasteiger partial charge in [-0.15, -0.1) is 0 Å². The van der Waals surface area contributed by atoms with E-state index < -0.39 is 0 Å². The van der Waals surface area contributed by atoms with Crippen molar-refractivity contribution >= 4 is 11.6 Å². The zero-order chi connectivity index (χ0) is 20.5. The molecule has 1 heterocycles. The molecule has 0 N–H and O–H groups in total. The van der Waals surface area contributed by atoms with Crippen LogP contribution >= 0.6 is 0 Å². The SMILES string of the molecule is CC(C)(C)N1CC(C=C(c2ccccc2)c2ccccc2)N(C(C)(C)C)C1=O. The summed E-state index contributed by atoms with van der Waals surface area (Å²) >= 11 is 0. The lowest BCUT2D eigenvalue weighted by Crippen LogP contribution is -2.50. The average Bonchev–Trinajstić information content (AvgIpc) is 2.98. The minimum Gasteiger partial charge on any atom is -0.317 e. The second kappa shape index (κ2) is 7.46. The Balaban J connectivity index is 2.11. The Morgan fingerprint density at radius 1 is 0.821 bits per heavy atom. The van der Waals surface area contributed by atoms with Crippen LogP contribution in [0.1, 0.15) is 52.7 Å². The summed E-state index contributed by atoms with van der Waals surface area (Å²) in [5.41, 5.74) is 3.05. The fraction of sp³-hybridized carbons (Fsp3) is 0.400. The van der Waals surface area contributed by atoms with E-state index in [0.717, 1.165) is 0 Å². The van der Waals surface area contributed by atoms with Crippen molar-refractivity contribution < 1.29 is 4.79 Å². The minimum atomic E-state index is -0.253. The summed E-state index contributed by atoms with van der Waals surface area (Å²) in [5.74, 6) is 0. The zero-order valence-corrected chi connectivity index (χ0v) is 17.9. The van der Waals surface area contributed by atoms with E-state index in [1.165, 1.54) is 16.7 Å². The van der Waals surface area contributed by atoms with Crippen LogP contribution in [0.15, 0.2) is 66.7 Å². The maximum absolute atomic E-state index is 13.3. The molecule has 2 aromatic carbocycles. The lowest BCUT2D eigenvalue weighted by molar-refractivity contribution is 0.129. The Bertz CT molecular complexity index is 800. The van der Waals surface area contributed by atoms with Gasteiger partial charge in [-0.1, -0.05) is 66.7 Å². The molecule has 1 saturated heterocycles. The Kier molecular flexibility index (Phi) is 5.38. The van der Waals surface area contributed by atoms with Crippen molar-refractivity contribution in [1.82, 2.24) is 9.80 Å². The smallest absolute Gasteiger partial charge is 0.317 e. The quantitative estimate of drug-likeness (QED) is 0.662. The molecule has 1 atom stereocenters. The molecule has 2 aromatic rings. The minimum absolute atomic E-state index is 0.0159. The predicted molar refractivity (Wildman–Crippen MR) is 117 cm³/mol. The third-order valence-electron chi connectivity index (χ3n) is 5.20. The van der Waals surface area contributed by atoms with E-state index in [4.69, 9.17) is 0 Å². The van der Waals surface area contributed by atoms with Crippen LogP contribution in [0.2, 0.25) is 0 Å². The molecular formula is C25H32N2O. The topological polar surface area (TPSA) is 23.6 Å². The van der Waals surface area contributed by atoms with E-state index in [1.54, 1.807) is 0 Å². The standard InChI is InChI=1S/C25H32N2O/c1-24(2,3)26-18-21(27(23(26)28)25(4,5)6)17-22(19-13-9-7-10-14-19)20-15-11-8-12-16-20/h7-17,21H,18H2,1-6H3. The van der Waals surface area contributed by atoms with Crippen molar-refractivity contribution in [2.45, 2.75) is 58.7 Å². The lowest BCUT2D eigenvalue weighted by atomic mass is 9.94. The number of carbonyl (C=O) groups is 1. The molecule has 0 saturated carbocycles. The molecule has 0 aromatic heterocycles.